The second-order valence-corrected chi connectivity index (χ2v) is 6.81. The van der Waals surface area contributed by atoms with E-state index in [1.165, 1.54) is 12.1 Å². The number of nitriles is 1. The molecule has 0 aliphatic carbocycles. The Morgan fingerprint density at radius 2 is 1.90 bits per heavy atom. The first-order valence-electron chi connectivity index (χ1n) is 9.22. The molecular formula is C21H16F2N6O2. The van der Waals surface area contributed by atoms with Crippen molar-refractivity contribution in [2.45, 2.75) is 26.5 Å². The number of nitrogens with zero attached hydrogens (tertiary/aromatic N) is 6. The topological polar surface area (TPSA) is 103 Å². The van der Waals surface area contributed by atoms with E-state index < -0.39 is 6.11 Å². The molecule has 0 saturated heterocycles. The summed E-state index contributed by atoms with van der Waals surface area (Å²) in [5.74, 6) is 1.32. The zero-order valence-electron chi connectivity index (χ0n) is 16.6. The van der Waals surface area contributed by atoms with Gasteiger partial charge in [0.05, 0.1) is 18.2 Å². The molecule has 10 heteroatoms. The summed E-state index contributed by atoms with van der Waals surface area (Å²) in [4.78, 5) is 8.66. The first-order valence-corrected chi connectivity index (χ1v) is 9.22. The largest absolute Gasteiger partial charge is 0.433 e. The van der Waals surface area contributed by atoms with Gasteiger partial charge in [-0.15, -0.1) is 5.10 Å². The molecule has 0 unspecified atom stereocenters. The standard InChI is InChI=1S/C21H16F2N6O2/c1-13-25-19(27-29(13)12-15-5-3-4-14(10-15)11-24)20-26-18(28-31-20)16-6-8-17(9-7-16)30-21(2,22)23/h3-10H,12H2,1-2H3. The van der Waals surface area contributed by atoms with Crippen molar-refractivity contribution >= 4 is 0 Å². The normalized spacial score (nSPS) is 11.3. The third kappa shape index (κ3) is 4.72. The van der Waals surface area contributed by atoms with Crippen molar-refractivity contribution in [1.29, 1.82) is 5.26 Å². The van der Waals surface area contributed by atoms with Gasteiger partial charge in [0, 0.05) is 12.5 Å². The average molecular weight is 422 g/mol. The summed E-state index contributed by atoms with van der Waals surface area (Å²) in [7, 11) is 0. The maximum absolute atomic E-state index is 12.9. The lowest BCUT2D eigenvalue weighted by atomic mass is 10.1. The first-order chi connectivity index (χ1) is 14.8. The minimum Gasteiger partial charge on any atom is -0.433 e. The quantitative estimate of drug-likeness (QED) is 0.458. The van der Waals surface area contributed by atoms with Crippen molar-refractivity contribution in [3.63, 3.8) is 0 Å². The molecular weight excluding hydrogens is 406 g/mol. The third-order valence-electron chi connectivity index (χ3n) is 4.27. The molecule has 0 radical (unpaired) electrons. The van der Waals surface area contributed by atoms with Gasteiger partial charge in [0.1, 0.15) is 11.6 Å². The van der Waals surface area contributed by atoms with Gasteiger partial charge in [0.15, 0.2) is 0 Å². The van der Waals surface area contributed by atoms with Crippen LogP contribution in [-0.2, 0) is 6.54 Å². The van der Waals surface area contributed by atoms with Crippen molar-refractivity contribution in [2.24, 2.45) is 0 Å². The molecule has 0 atom stereocenters. The molecule has 0 bridgehead atoms. The van der Waals surface area contributed by atoms with Gasteiger partial charge in [0.2, 0.25) is 11.6 Å². The average Bonchev–Trinajstić information content (AvgIpc) is 3.35. The van der Waals surface area contributed by atoms with Crippen molar-refractivity contribution in [1.82, 2.24) is 24.9 Å². The molecule has 0 aliphatic heterocycles. The van der Waals surface area contributed by atoms with Crippen LogP contribution >= 0.6 is 0 Å². The van der Waals surface area contributed by atoms with Crippen LogP contribution in [0, 0.1) is 18.3 Å². The Labute approximate surface area is 175 Å². The number of benzene rings is 2. The molecule has 0 aliphatic rings. The summed E-state index contributed by atoms with van der Waals surface area (Å²) < 4.78 is 37.3. The van der Waals surface area contributed by atoms with Gasteiger partial charge in [0.25, 0.3) is 5.89 Å². The van der Waals surface area contributed by atoms with Crippen LogP contribution in [0.3, 0.4) is 0 Å². The first kappa shape index (κ1) is 20.2. The second-order valence-electron chi connectivity index (χ2n) is 6.81. The Balaban J connectivity index is 1.53. The Bertz CT molecular complexity index is 1250. The molecule has 0 saturated carbocycles. The fraction of sp³-hybridized carbons (Fsp3) is 0.190. The third-order valence-corrected chi connectivity index (χ3v) is 4.27. The maximum Gasteiger partial charge on any atom is 0.394 e. The molecule has 2 aromatic carbocycles. The Hall–Kier alpha value is -4.13. The van der Waals surface area contributed by atoms with Gasteiger partial charge >= 0.3 is 6.11 Å². The summed E-state index contributed by atoms with van der Waals surface area (Å²) in [6, 6.07) is 15.2. The van der Waals surface area contributed by atoms with Crippen LogP contribution in [0.5, 0.6) is 5.75 Å². The van der Waals surface area contributed by atoms with Crippen molar-refractivity contribution < 1.29 is 18.0 Å². The molecule has 4 rings (SSSR count). The van der Waals surface area contributed by atoms with Crippen LogP contribution in [-0.4, -0.2) is 31.0 Å². The van der Waals surface area contributed by atoms with E-state index in [0.29, 0.717) is 30.4 Å². The predicted octanol–water partition coefficient (Wildman–Crippen LogP) is 4.22. The molecule has 2 heterocycles. The molecule has 31 heavy (non-hydrogen) atoms. The van der Waals surface area contributed by atoms with Crippen LogP contribution < -0.4 is 4.74 Å². The smallest absolute Gasteiger partial charge is 0.394 e. The molecule has 0 amide bonds. The maximum atomic E-state index is 12.9. The number of halogens is 2. The van der Waals surface area contributed by atoms with E-state index in [1.54, 1.807) is 35.9 Å². The molecule has 0 N–H and O–H groups in total. The van der Waals surface area contributed by atoms with E-state index >= 15 is 0 Å². The lowest BCUT2D eigenvalue weighted by Crippen LogP contribution is -2.18. The number of hydrogen-bond donors (Lipinski definition) is 0. The van der Waals surface area contributed by atoms with E-state index in [0.717, 1.165) is 5.56 Å². The van der Waals surface area contributed by atoms with Gasteiger partial charge in [-0.05, 0) is 48.9 Å². The molecule has 2 aromatic heterocycles. The zero-order chi connectivity index (χ0) is 22.0. The number of aromatic nitrogens is 5. The van der Waals surface area contributed by atoms with Crippen LogP contribution in [0.25, 0.3) is 23.1 Å². The van der Waals surface area contributed by atoms with Crippen LogP contribution in [0.4, 0.5) is 8.78 Å². The predicted molar refractivity (Wildman–Crippen MR) is 105 cm³/mol. The fourth-order valence-corrected chi connectivity index (χ4v) is 2.88. The number of rotatable bonds is 6. The molecule has 0 fully saturated rings. The number of hydrogen-bond acceptors (Lipinski definition) is 7. The molecule has 156 valence electrons. The second kappa shape index (κ2) is 7.95. The Morgan fingerprint density at radius 3 is 2.61 bits per heavy atom. The van der Waals surface area contributed by atoms with Gasteiger partial charge < -0.3 is 9.26 Å². The van der Waals surface area contributed by atoms with Crippen LogP contribution in [0.2, 0.25) is 0 Å². The lowest BCUT2D eigenvalue weighted by molar-refractivity contribution is -0.158. The Morgan fingerprint density at radius 1 is 1.13 bits per heavy atom. The van der Waals surface area contributed by atoms with Gasteiger partial charge in [-0.25, -0.2) is 9.67 Å². The molecule has 8 nitrogen and oxygen atoms in total. The van der Waals surface area contributed by atoms with Crippen molar-refractivity contribution in [2.75, 3.05) is 0 Å². The highest BCUT2D eigenvalue weighted by Crippen LogP contribution is 2.25. The monoisotopic (exact) mass is 422 g/mol. The Kier molecular flexibility index (Phi) is 5.17. The number of ether oxygens (including phenoxy) is 1. The summed E-state index contributed by atoms with van der Waals surface area (Å²) in [5.41, 5.74) is 2.03. The van der Waals surface area contributed by atoms with Crippen molar-refractivity contribution in [3.8, 4) is 34.9 Å². The van der Waals surface area contributed by atoms with E-state index in [1.807, 2.05) is 12.1 Å². The zero-order valence-corrected chi connectivity index (χ0v) is 16.6. The van der Waals surface area contributed by atoms with Gasteiger partial charge in [-0.1, -0.05) is 17.3 Å². The summed E-state index contributed by atoms with van der Waals surface area (Å²) >= 11 is 0. The SMILES string of the molecule is Cc1nc(-c2nc(-c3ccc(OC(C)(F)F)cc3)no2)nn1Cc1cccc(C#N)c1. The van der Waals surface area contributed by atoms with E-state index in [9.17, 15) is 8.78 Å². The van der Waals surface area contributed by atoms with E-state index in [2.05, 4.69) is 31.0 Å². The van der Waals surface area contributed by atoms with E-state index in [-0.39, 0.29) is 23.3 Å². The number of aryl methyl sites for hydroxylation is 1. The van der Waals surface area contributed by atoms with Gasteiger partial charge in [-0.2, -0.15) is 19.0 Å². The minimum absolute atomic E-state index is 0.0245. The van der Waals surface area contributed by atoms with E-state index in [4.69, 9.17) is 9.78 Å². The summed E-state index contributed by atoms with van der Waals surface area (Å²) in [6.45, 7) is 2.89. The van der Waals surface area contributed by atoms with Crippen LogP contribution in [0.1, 0.15) is 23.9 Å². The highest BCUT2D eigenvalue weighted by atomic mass is 19.3. The summed E-state index contributed by atoms with van der Waals surface area (Å²) in [5, 5.41) is 17.4. The molecule has 4 aromatic rings. The van der Waals surface area contributed by atoms with Crippen LogP contribution in [0.15, 0.2) is 53.1 Å². The fourth-order valence-electron chi connectivity index (χ4n) is 2.88. The summed E-state index contributed by atoms with van der Waals surface area (Å²) in [6.07, 6.45) is -3.26. The molecule has 0 spiro atoms. The van der Waals surface area contributed by atoms with Gasteiger partial charge in [-0.3, -0.25) is 0 Å². The highest BCUT2D eigenvalue weighted by molar-refractivity contribution is 5.57. The minimum atomic E-state index is -3.26. The number of alkyl halides is 2. The lowest BCUT2D eigenvalue weighted by Gasteiger charge is -2.12. The highest BCUT2D eigenvalue weighted by Gasteiger charge is 2.23. The van der Waals surface area contributed by atoms with Crippen molar-refractivity contribution in [3.05, 3.63) is 65.5 Å².